The molecule has 1 fully saturated rings. The Bertz CT molecular complexity index is 210. The predicted octanol–water partition coefficient (Wildman–Crippen LogP) is 2.02. The SMILES string of the molecule is CCOC(=O)/C=C/CSC1CCOCC1. The van der Waals surface area contributed by atoms with E-state index in [4.69, 9.17) is 9.47 Å². The standard InChI is InChI=1S/C11H18O3S/c1-2-14-11(12)4-3-9-15-10-5-7-13-8-6-10/h3-4,10H,2,5-9H2,1H3/b4-3+. The molecule has 1 rings (SSSR count). The highest BCUT2D eigenvalue weighted by Gasteiger charge is 2.12. The second kappa shape index (κ2) is 7.77. The lowest BCUT2D eigenvalue weighted by atomic mass is 10.2. The summed E-state index contributed by atoms with van der Waals surface area (Å²) in [5.74, 6) is 0.633. The van der Waals surface area contributed by atoms with E-state index < -0.39 is 0 Å². The molecular weight excluding hydrogens is 212 g/mol. The molecule has 0 bridgehead atoms. The first-order chi connectivity index (χ1) is 7.33. The van der Waals surface area contributed by atoms with Crippen LogP contribution in [0.2, 0.25) is 0 Å². The number of ether oxygens (including phenoxy) is 2. The Morgan fingerprint density at radius 1 is 1.53 bits per heavy atom. The first-order valence-electron chi connectivity index (χ1n) is 5.35. The summed E-state index contributed by atoms with van der Waals surface area (Å²) < 4.78 is 10.0. The maximum absolute atomic E-state index is 11.0. The van der Waals surface area contributed by atoms with Crippen LogP contribution in [0.1, 0.15) is 19.8 Å². The molecular formula is C11H18O3S. The average molecular weight is 230 g/mol. The molecule has 0 aliphatic carbocycles. The summed E-state index contributed by atoms with van der Waals surface area (Å²) in [6.07, 6.45) is 5.63. The second-order valence-electron chi connectivity index (χ2n) is 3.30. The molecule has 0 saturated carbocycles. The van der Waals surface area contributed by atoms with Gasteiger partial charge in [0.15, 0.2) is 0 Å². The van der Waals surface area contributed by atoms with Crippen LogP contribution in [0.15, 0.2) is 12.2 Å². The summed E-state index contributed by atoms with van der Waals surface area (Å²) in [6.45, 7) is 4.00. The largest absolute Gasteiger partial charge is 0.463 e. The van der Waals surface area contributed by atoms with Crippen molar-refractivity contribution in [3.63, 3.8) is 0 Å². The van der Waals surface area contributed by atoms with Gasteiger partial charge in [0.05, 0.1) is 6.61 Å². The first-order valence-corrected chi connectivity index (χ1v) is 6.40. The number of rotatable bonds is 5. The minimum atomic E-state index is -0.245. The van der Waals surface area contributed by atoms with Gasteiger partial charge in [0.1, 0.15) is 0 Å². The minimum Gasteiger partial charge on any atom is -0.463 e. The molecule has 1 aliphatic heterocycles. The summed E-state index contributed by atoms with van der Waals surface area (Å²) in [7, 11) is 0. The van der Waals surface area contributed by atoms with Gasteiger partial charge in [-0.25, -0.2) is 4.79 Å². The van der Waals surface area contributed by atoms with Gasteiger partial charge in [0, 0.05) is 30.3 Å². The molecule has 0 aromatic heterocycles. The summed E-state index contributed by atoms with van der Waals surface area (Å²) >= 11 is 1.88. The number of hydrogen-bond donors (Lipinski definition) is 0. The molecule has 0 radical (unpaired) electrons. The van der Waals surface area contributed by atoms with Gasteiger partial charge in [0.25, 0.3) is 0 Å². The van der Waals surface area contributed by atoms with Crippen LogP contribution in [0.4, 0.5) is 0 Å². The molecule has 0 aromatic carbocycles. The molecule has 0 N–H and O–H groups in total. The van der Waals surface area contributed by atoms with Gasteiger partial charge < -0.3 is 9.47 Å². The van der Waals surface area contributed by atoms with Crippen molar-refractivity contribution in [1.82, 2.24) is 0 Å². The molecule has 0 atom stereocenters. The fraction of sp³-hybridized carbons (Fsp3) is 0.727. The average Bonchev–Trinajstić information content (AvgIpc) is 2.26. The van der Waals surface area contributed by atoms with E-state index in [0.29, 0.717) is 11.9 Å². The van der Waals surface area contributed by atoms with E-state index in [1.807, 2.05) is 24.8 Å². The highest BCUT2D eigenvalue weighted by molar-refractivity contribution is 8.00. The smallest absolute Gasteiger partial charge is 0.330 e. The Morgan fingerprint density at radius 2 is 2.27 bits per heavy atom. The van der Waals surface area contributed by atoms with Gasteiger partial charge >= 0.3 is 5.97 Å². The fourth-order valence-corrected chi connectivity index (χ4v) is 2.37. The van der Waals surface area contributed by atoms with Crippen molar-refractivity contribution >= 4 is 17.7 Å². The fourth-order valence-electron chi connectivity index (χ4n) is 1.37. The van der Waals surface area contributed by atoms with Crippen LogP contribution in [0, 0.1) is 0 Å². The number of carbonyl (C=O) groups is 1. The summed E-state index contributed by atoms with van der Waals surface area (Å²) in [6, 6.07) is 0. The maximum atomic E-state index is 11.0. The molecule has 0 aromatic rings. The van der Waals surface area contributed by atoms with E-state index >= 15 is 0 Å². The third-order valence-electron chi connectivity index (χ3n) is 2.14. The van der Waals surface area contributed by atoms with Gasteiger partial charge in [0.2, 0.25) is 0 Å². The van der Waals surface area contributed by atoms with Crippen LogP contribution in [0.25, 0.3) is 0 Å². The summed E-state index contributed by atoms with van der Waals surface area (Å²) in [5, 5.41) is 0.686. The Balaban J connectivity index is 2.06. The Hall–Kier alpha value is -0.480. The van der Waals surface area contributed by atoms with E-state index in [9.17, 15) is 4.79 Å². The van der Waals surface area contributed by atoms with Gasteiger partial charge in [-0.3, -0.25) is 0 Å². The van der Waals surface area contributed by atoms with Gasteiger partial charge in [-0.1, -0.05) is 6.08 Å². The molecule has 86 valence electrons. The lowest BCUT2D eigenvalue weighted by Crippen LogP contribution is -2.17. The van der Waals surface area contributed by atoms with Crippen LogP contribution < -0.4 is 0 Å². The predicted molar refractivity (Wildman–Crippen MR) is 62.1 cm³/mol. The van der Waals surface area contributed by atoms with E-state index in [1.165, 1.54) is 6.08 Å². The Labute approximate surface area is 95.2 Å². The van der Waals surface area contributed by atoms with Crippen LogP contribution in [0.3, 0.4) is 0 Å². The number of thioether (sulfide) groups is 1. The zero-order chi connectivity index (χ0) is 10.9. The first kappa shape index (κ1) is 12.6. The summed E-state index contributed by atoms with van der Waals surface area (Å²) in [4.78, 5) is 11.0. The molecule has 4 heteroatoms. The van der Waals surface area contributed by atoms with Crippen LogP contribution in [0.5, 0.6) is 0 Å². The third kappa shape index (κ3) is 5.85. The third-order valence-corrected chi connectivity index (χ3v) is 3.46. The van der Waals surface area contributed by atoms with Gasteiger partial charge in [-0.15, -0.1) is 0 Å². The van der Waals surface area contributed by atoms with Crippen molar-refractivity contribution in [2.24, 2.45) is 0 Å². The number of esters is 1. The summed E-state index contributed by atoms with van der Waals surface area (Å²) in [5.41, 5.74) is 0. The second-order valence-corrected chi connectivity index (χ2v) is 4.63. The quantitative estimate of drug-likeness (QED) is 0.534. The Kier molecular flexibility index (Phi) is 6.52. The lowest BCUT2D eigenvalue weighted by Gasteiger charge is -2.20. The van der Waals surface area contributed by atoms with Crippen LogP contribution in [-0.2, 0) is 14.3 Å². The molecule has 1 saturated heterocycles. The van der Waals surface area contributed by atoms with E-state index in [0.717, 1.165) is 31.8 Å². The van der Waals surface area contributed by atoms with Crippen molar-refractivity contribution in [3.05, 3.63) is 12.2 Å². The molecule has 1 aliphatic rings. The molecule has 0 amide bonds. The van der Waals surface area contributed by atoms with Crippen molar-refractivity contribution < 1.29 is 14.3 Å². The molecule has 15 heavy (non-hydrogen) atoms. The zero-order valence-electron chi connectivity index (χ0n) is 9.11. The van der Waals surface area contributed by atoms with E-state index in [-0.39, 0.29) is 5.97 Å². The highest BCUT2D eigenvalue weighted by atomic mass is 32.2. The normalized spacial score (nSPS) is 18.2. The van der Waals surface area contributed by atoms with Gasteiger partial charge in [-0.2, -0.15) is 11.8 Å². The van der Waals surface area contributed by atoms with Crippen molar-refractivity contribution in [1.29, 1.82) is 0 Å². The molecule has 0 unspecified atom stereocenters. The highest BCUT2D eigenvalue weighted by Crippen LogP contribution is 2.21. The van der Waals surface area contributed by atoms with E-state index in [1.54, 1.807) is 0 Å². The Morgan fingerprint density at radius 3 is 2.93 bits per heavy atom. The van der Waals surface area contributed by atoms with Crippen LogP contribution >= 0.6 is 11.8 Å². The van der Waals surface area contributed by atoms with E-state index in [2.05, 4.69) is 0 Å². The molecule has 0 spiro atoms. The van der Waals surface area contributed by atoms with Crippen molar-refractivity contribution in [3.8, 4) is 0 Å². The van der Waals surface area contributed by atoms with Gasteiger partial charge in [-0.05, 0) is 19.8 Å². The molecule has 3 nitrogen and oxygen atoms in total. The zero-order valence-corrected chi connectivity index (χ0v) is 9.92. The molecule has 1 heterocycles. The minimum absolute atomic E-state index is 0.245. The number of carbonyl (C=O) groups excluding carboxylic acids is 1. The monoisotopic (exact) mass is 230 g/mol. The number of hydrogen-bond acceptors (Lipinski definition) is 4. The topological polar surface area (TPSA) is 35.5 Å². The van der Waals surface area contributed by atoms with Crippen molar-refractivity contribution in [2.75, 3.05) is 25.6 Å². The maximum Gasteiger partial charge on any atom is 0.330 e. The van der Waals surface area contributed by atoms with Crippen LogP contribution in [-0.4, -0.2) is 36.8 Å². The van der Waals surface area contributed by atoms with Crippen molar-refractivity contribution in [2.45, 2.75) is 25.0 Å². The lowest BCUT2D eigenvalue weighted by molar-refractivity contribution is -0.137.